The third kappa shape index (κ3) is 6.02. The van der Waals surface area contributed by atoms with Gasteiger partial charge in [-0.1, -0.05) is 12.1 Å². The van der Waals surface area contributed by atoms with E-state index in [0.717, 1.165) is 44.2 Å². The minimum Gasteiger partial charge on any atom is -0.489 e. The smallest absolute Gasteiger partial charge is 0.267 e. The lowest BCUT2D eigenvalue weighted by molar-refractivity contribution is -0.121. The SMILES string of the molecule is CC(C)Oc1ccccc1N1CCN(CCNC(=O)Cn2nc(-n3ccnc3)ccc2=O)CC1. The highest BCUT2D eigenvalue weighted by Gasteiger charge is 2.20. The molecule has 0 saturated carbocycles. The standard InChI is InChI=1S/C24H31N7O3/c1-19(2)34-21-6-4-3-5-20(21)29-15-13-28(14-16-29)11-10-26-23(32)17-31-24(33)8-7-22(27-31)30-12-9-25-18-30/h3-9,12,18-19H,10-11,13-17H2,1-2H3,(H,26,32). The number of anilines is 1. The molecule has 3 aromatic rings. The maximum atomic E-state index is 12.4. The number of amides is 1. The highest BCUT2D eigenvalue weighted by atomic mass is 16.5. The molecule has 0 bridgehead atoms. The van der Waals surface area contributed by atoms with Crippen LogP contribution in [0.5, 0.6) is 5.75 Å². The highest BCUT2D eigenvalue weighted by Crippen LogP contribution is 2.29. The van der Waals surface area contributed by atoms with Gasteiger partial charge in [0.05, 0.1) is 11.8 Å². The molecule has 180 valence electrons. The van der Waals surface area contributed by atoms with Crippen molar-refractivity contribution in [3.63, 3.8) is 0 Å². The lowest BCUT2D eigenvalue weighted by Crippen LogP contribution is -2.48. The molecule has 0 spiro atoms. The van der Waals surface area contributed by atoms with Gasteiger partial charge >= 0.3 is 0 Å². The number of imidazole rings is 1. The van der Waals surface area contributed by atoms with E-state index in [1.165, 1.54) is 10.7 Å². The van der Waals surface area contributed by atoms with Gasteiger partial charge in [-0.3, -0.25) is 19.1 Å². The Bertz CT molecular complexity index is 1140. The summed E-state index contributed by atoms with van der Waals surface area (Å²) >= 11 is 0. The van der Waals surface area contributed by atoms with Gasteiger partial charge in [-0.2, -0.15) is 5.10 Å². The fraction of sp³-hybridized carbons (Fsp3) is 0.417. The van der Waals surface area contributed by atoms with Crippen molar-refractivity contribution < 1.29 is 9.53 Å². The Morgan fingerprint density at radius 1 is 1.12 bits per heavy atom. The zero-order valence-electron chi connectivity index (χ0n) is 19.6. The molecule has 10 nitrogen and oxygen atoms in total. The fourth-order valence-corrected chi connectivity index (χ4v) is 3.91. The van der Waals surface area contributed by atoms with Crippen molar-refractivity contribution in [2.45, 2.75) is 26.5 Å². The average molecular weight is 466 g/mol. The van der Waals surface area contributed by atoms with E-state index in [9.17, 15) is 9.59 Å². The molecule has 0 aliphatic carbocycles. The quantitative estimate of drug-likeness (QED) is 0.506. The predicted molar refractivity (Wildman–Crippen MR) is 129 cm³/mol. The summed E-state index contributed by atoms with van der Waals surface area (Å²) in [4.78, 5) is 33.1. The van der Waals surface area contributed by atoms with Gasteiger partial charge in [0.25, 0.3) is 5.56 Å². The Balaban J connectivity index is 1.23. The Morgan fingerprint density at radius 3 is 2.65 bits per heavy atom. The molecule has 1 amide bonds. The van der Waals surface area contributed by atoms with E-state index in [4.69, 9.17) is 4.74 Å². The summed E-state index contributed by atoms with van der Waals surface area (Å²) in [5.41, 5.74) is 0.803. The summed E-state index contributed by atoms with van der Waals surface area (Å²) in [5, 5.41) is 7.16. The van der Waals surface area contributed by atoms with Crippen molar-refractivity contribution in [3.05, 3.63) is 65.5 Å². The zero-order valence-corrected chi connectivity index (χ0v) is 19.6. The Labute approximate surface area is 198 Å². The zero-order chi connectivity index (χ0) is 23.9. The molecule has 0 unspecified atom stereocenters. The van der Waals surface area contributed by atoms with Crippen LogP contribution in [0.2, 0.25) is 0 Å². The molecular formula is C24H31N7O3. The normalized spacial score (nSPS) is 14.4. The van der Waals surface area contributed by atoms with Gasteiger partial charge in [-0.25, -0.2) is 9.67 Å². The second-order valence-electron chi connectivity index (χ2n) is 8.47. The first-order valence-corrected chi connectivity index (χ1v) is 11.6. The molecule has 4 rings (SSSR count). The monoisotopic (exact) mass is 465 g/mol. The number of benzene rings is 1. The van der Waals surface area contributed by atoms with Gasteiger partial charge in [-0.15, -0.1) is 0 Å². The first-order chi connectivity index (χ1) is 16.5. The molecule has 34 heavy (non-hydrogen) atoms. The Kier molecular flexibility index (Phi) is 7.58. The van der Waals surface area contributed by atoms with Gasteiger partial charge < -0.3 is 15.0 Å². The van der Waals surface area contributed by atoms with Crippen molar-refractivity contribution >= 4 is 11.6 Å². The number of para-hydroxylation sites is 2. The summed E-state index contributed by atoms with van der Waals surface area (Å²) in [6, 6.07) is 11.2. The van der Waals surface area contributed by atoms with Gasteiger partial charge in [0.15, 0.2) is 5.82 Å². The molecule has 2 aromatic heterocycles. The second kappa shape index (κ2) is 11.0. The molecule has 1 saturated heterocycles. The van der Waals surface area contributed by atoms with E-state index in [1.807, 2.05) is 32.0 Å². The van der Waals surface area contributed by atoms with E-state index < -0.39 is 0 Å². The van der Waals surface area contributed by atoms with Crippen LogP contribution < -0.4 is 20.5 Å². The lowest BCUT2D eigenvalue weighted by atomic mass is 10.2. The van der Waals surface area contributed by atoms with Crippen molar-refractivity contribution in [2.24, 2.45) is 0 Å². The van der Waals surface area contributed by atoms with E-state index in [0.29, 0.717) is 12.4 Å². The van der Waals surface area contributed by atoms with Gasteiger partial charge in [0.2, 0.25) is 5.91 Å². The number of ether oxygens (including phenoxy) is 1. The molecule has 0 radical (unpaired) electrons. The van der Waals surface area contributed by atoms with E-state index in [1.54, 1.807) is 29.4 Å². The minimum absolute atomic E-state index is 0.123. The number of rotatable bonds is 9. The van der Waals surface area contributed by atoms with Crippen LogP contribution in [0.25, 0.3) is 5.82 Å². The Hall–Kier alpha value is -3.66. The van der Waals surface area contributed by atoms with Crippen LogP contribution >= 0.6 is 0 Å². The number of nitrogens with one attached hydrogen (secondary N) is 1. The summed E-state index contributed by atoms with van der Waals surface area (Å²) in [7, 11) is 0. The predicted octanol–water partition coefficient (Wildman–Crippen LogP) is 1.15. The summed E-state index contributed by atoms with van der Waals surface area (Å²) in [6.45, 7) is 8.81. The number of piperazine rings is 1. The summed E-state index contributed by atoms with van der Waals surface area (Å²) in [5.74, 6) is 1.21. The lowest BCUT2D eigenvalue weighted by Gasteiger charge is -2.36. The highest BCUT2D eigenvalue weighted by molar-refractivity contribution is 5.75. The van der Waals surface area contributed by atoms with Crippen molar-refractivity contribution in [3.8, 4) is 11.6 Å². The fourth-order valence-electron chi connectivity index (χ4n) is 3.91. The maximum absolute atomic E-state index is 12.4. The molecule has 1 aliphatic rings. The van der Waals surface area contributed by atoms with Crippen molar-refractivity contribution in [2.75, 3.05) is 44.2 Å². The molecule has 1 aromatic carbocycles. The number of hydrogen-bond donors (Lipinski definition) is 1. The van der Waals surface area contributed by atoms with E-state index in [2.05, 4.69) is 31.3 Å². The largest absolute Gasteiger partial charge is 0.489 e. The molecule has 0 atom stereocenters. The number of carbonyl (C=O) groups is 1. The van der Waals surface area contributed by atoms with Crippen molar-refractivity contribution in [1.29, 1.82) is 0 Å². The molecular weight excluding hydrogens is 434 g/mol. The number of hydrogen-bond acceptors (Lipinski definition) is 7. The summed E-state index contributed by atoms with van der Waals surface area (Å²) < 4.78 is 8.81. The Morgan fingerprint density at radius 2 is 1.91 bits per heavy atom. The second-order valence-corrected chi connectivity index (χ2v) is 8.47. The van der Waals surface area contributed by atoms with Crippen LogP contribution in [-0.2, 0) is 11.3 Å². The molecule has 1 fully saturated rings. The first-order valence-electron chi connectivity index (χ1n) is 11.6. The summed E-state index contributed by atoms with van der Waals surface area (Å²) in [6.07, 6.45) is 5.08. The van der Waals surface area contributed by atoms with Gasteiger partial charge in [-0.05, 0) is 32.0 Å². The average Bonchev–Trinajstić information content (AvgIpc) is 3.36. The van der Waals surface area contributed by atoms with Crippen LogP contribution in [0.4, 0.5) is 5.69 Å². The van der Waals surface area contributed by atoms with Crippen LogP contribution in [0, 0.1) is 0 Å². The number of nitrogens with zero attached hydrogens (tertiary/aromatic N) is 6. The number of carbonyl (C=O) groups excluding carboxylic acids is 1. The van der Waals surface area contributed by atoms with Crippen LogP contribution in [-0.4, -0.2) is 75.5 Å². The van der Waals surface area contributed by atoms with Crippen molar-refractivity contribution in [1.82, 2.24) is 29.5 Å². The maximum Gasteiger partial charge on any atom is 0.267 e. The van der Waals surface area contributed by atoms with E-state index in [-0.39, 0.29) is 24.1 Å². The van der Waals surface area contributed by atoms with Crippen LogP contribution in [0.1, 0.15) is 13.8 Å². The van der Waals surface area contributed by atoms with Crippen LogP contribution in [0.15, 0.2) is 59.9 Å². The molecule has 1 N–H and O–H groups in total. The minimum atomic E-state index is -0.322. The third-order valence-corrected chi connectivity index (χ3v) is 5.61. The van der Waals surface area contributed by atoms with Gasteiger partial charge in [0, 0.05) is 57.7 Å². The molecule has 1 aliphatic heterocycles. The van der Waals surface area contributed by atoms with Gasteiger partial charge in [0.1, 0.15) is 18.6 Å². The van der Waals surface area contributed by atoms with Crippen LogP contribution in [0.3, 0.4) is 0 Å². The van der Waals surface area contributed by atoms with E-state index >= 15 is 0 Å². The topological polar surface area (TPSA) is 97.5 Å². The third-order valence-electron chi connectivity index (χ3n) is 5.61. The first kappa shape index (κ1) is 23.5. The molecule has 10 heteroatoms. The molecule has 3 heterocycles. The number of aromatic nitrogens is 4.